The van der Waals surface area contributed by atoms with Gasteiger partial charge in [-0.25, -0.2) is 0 Å². The fourth-order valence-corrected chi connectivity index (χ4v) is 7.42. The number of nitrogens with one attached hydrogen (secondary N) is 1. The van der Waals surface area contributed by atoms with Gasteiger partial charge in [-0.1, -0.05) is 58.4 Å². The summed E-state index contributed by atoms with van der Waals surface area (Å²) in [4.78, 5) is 42.7. The van der Waals surface area contributed by atoms with Crippen LogP contribution in [0.1, 0.15) is 30.0 Å². The van der Waals surface area contributed by atoms with Gasteiger partial charge in [-0.2, -0.15) is 0 Å². The van der Waals surface area contributed by atoms with E-state index in [0.717, 1.165) is 16.7 Å². The van der Waals surface area contributed by atoms with E-state index in [1.54, 1.807) is 6.92 Å². The first-order valence-corrected chi connectivity index (χ1v) is 14.0. The van der Waals surface area contributed by atoms with E-state index in [1.165, 1.54) is 4.90 Å². The van der Waals surface area contributed by atoms with Crippen LogP contribution in [-0.4, -0.2) is 69.6 Å². The highest BCUT2D eigenvalue weighted by Crippen LogP contribution is 2.60. The van der Waals surface area contributed by atoms with E-state index in [9.17, 15) is 19.5 Å². The molecule has 2 amide bonds. The van der Waals surface area contributed by atoms with Crippen LogP contribution in [0.15, 0.2) is 48.5 Å². The molecular weight excluding hydrogens is 552 g/mol. The average Bonchev–Trinajstić information content (AvgIpc) is 3.49. The van der Waals surface area contributed by atoms with Crippen molar-refractivity contribution in [2.75, 3.05) is 18.5 Å². The Bertz CT molecular complexity index is 1240. The molecule has 0 aromatic heterocycles. The van der Waals surface area contributed by atoms with Crippen molar-refractivity contribution in [1.82, 2.24) is 4.90 Å². The van der Waals surface area contributed by atoms with Gasteiger partial charge in [0.1, 0.15) is 11.6 Å². The lowest BCUT2D eigenvalue weighted by Gasteiger charge is -2.37. The van der Waals surface area contributed by atoms with E-state index in [1.807, 2.05) is 62.4 Å². The summed E-state index contributed by atoms with van der Waals surface area (Å²) in [5, 5.41) is 13.5. The van der Waals surface area contributed by atoms with Crippen LogP contribution in [0.5, 0.6) is 0 Å². The number of anilines is 1. The number of aliphatic hydroxyl groups is 1. The normalized spacial score (nSPS) is 30.3. The summed E-state index contributed by atoms with van der Waals surface area (Å²) in [5.41, 5.74) is 2.22. The first-order chi connectivity index (χ1) is 18.2. The molecule has 3 aliphatic rings. The van der Waals surface area contributed by atoms with Crippen molar-refractivity contribution in [1.29, 1.82) is 0 Å². The number of alkyl halides is 1. The Kier molecular flexibility index (Phi) is 7.37. The second-order valence-corrected chi connectivity index (χ2v) is 11.7. The molecule has 3 aliphatic heterocycles. The monoisotopic (exact) mass is 584 g/mol. The predicted molar refractivity (Wildman–Crippen MR) is 145 cm³/mol. The van der Waals surface area contributed by atoms with Crippen LogP contribution in [0, 0.1) is 25.7 Å². The van der Waals surface area contributed by atoms with Gasteiger partial charge in [0.05, 0.1) is 37.2 Å². The smallest absolute Gasteiger partial charge is 0.312 e. The maximum atomic E-state index is 14.2. The quantitative estimate of drug-likeness (QED) is 0.365. The number of hydrogen-bond acceptors (Lipinski definition) is 6. The standard InChI is InChI=1S/C29H33BrN2O6/c1-4-37-28(36)22-23-27(35)32(19(15-33)13-18-8-6-5-7-9-18)25(29(23)14-20(30)24(22)38-29)26(34)31-21-12-16(2)10-11-17(21)3/h5-12,19-20,22-25,33H,4,13-15H2,1-3H3,(H,31,34)/t19-,20?,22-,23+,24-,25?,29?/m1/s1. The van der Waals surface area contributed by atoms with E-state index in [-0.39, 0.29) is 23.9 Å². The molecule has 3 unspecified atom stereocenters. The number of esters is 1. The largest absolute Gasteiger partial charge is 0.466 e. The summed E-state index contributed by atoms with van der Waals surface area (Å²) >= 11 is 3.66. The second kappa shape index (κ2) is 10.4. The van der Waals surface area contributed by atoms with Crippen molar-refractivity contribution in [3.8, 4) is 0 Å². The maximum absolute atomic E-state index is 14.2. The molecule has 0 aliphatic carbocycles. The Morgan fingerprint density at radius 3 is 2.66 bits per heavy atom. The number of aryl methyl sites for hydroxylation is 2. The number of halogens is 1. The van der Waals surface area contributed by atoms with Gasteiger partial charge in [0, 0.05) is 10.5 Å². The lowest BCUT2D eigenvalue weighted by atomic mass is 9.70. The van der Waals surface area contributed by atoms with Gasteiger partial charge in [-0.05, 0) is 56.4 Å². The zero-order valence-electron chi connectivity index (χ0n) is 21.7. The summed E-state index contributed by atoms with van der Waals surface area (Å²) in [5.74, 6) is -2.97. The molecule has 3 heterocycles. The lowest BCUT2D eigenvalue weighted by Crippen LogP contribution is -2.57. The number of nitrogens with zero attached hydrogens (tertiary/aromatic N) is 1. The molecule has 2 aromatic carbocycles. The zero-order valence-corrected chi connectivity index (χ0v) is 23.3. The topological polar surface area (TPSA) is 105 Å². The van der Waals surface area contributed by atoms with Crippen molar-refractivity contribution < 1.29 is 29.0 Å². The van der Waals surface area contributed by atoms with E-state index in [0.29, 0.717) is 18.5 Å². The molecule has 2 bridgehead atoms. The molecule has 9 heteroatoms. The van der Waals surface area contributed by atoms with Crippen molar-refractivity contribution in [2.24, 2.45) is 11.8 Å². The van der Waals surface area contributed by atoms with Crippen molar-refractivity contribution in [2.45, 2.75) is 62.2 Å². The molecule has 2 aromatic rings. The van der Waals surface area contributed by atoms with Gasteiger partial charge >= 0.3 is 5.97 Å². The van der Waals surface area contributed by atoms with Gasteiger partial charge in [0.2, 0.25) is 11.8 Å². The number of rotatable bonds is 8. The number of ether oxygens (including phenoxy) is 2. The molecule has 7 atom stereocenters. The molecule has 38 heavy (non-hydrogen) atoms. The molecule has 3 saturated heterocycles. The fourth-order valence-electron chi connectivity index (χ4n) is 6.48. The van der Waals surface area contributed by atoms with Gasteiger partial charge in [0.25, 0.3) is 0 Å². The number of amides is 2. The third-order valence-electron chi connectivity index (χ3n) is 8.10. The highest BCUT2D eigenvalue weighted by Gasteiger charge is 2.77. The number of aliphatic hydroxyl groups excluding tert-OH is 1. The molecular formula is C29H33BrN2O6. The van der Waals surface area contributed by atoms with E-state index in [2.05, 4.69) is 21.2 Å². The van der Waals surface area contributed by atoms with Crippen LogP contribution < -0.4 is 5.32 Å². The average molecular weight is 585 g/mol. The number of fused-ring (bicyclic) bond motifs is 1. The molecule has 2 N–H and O–H groups in total. The molecule has 1 spiro atoms. The molecule has 8 nitrogen and oxygen atoms in total. The van der Waals surface area contributed by atoms with Crippen LogP contribution in [-0.2, 0) is 30.3 Å². The first kappa shape index (κ1) is 26.8. The summed E-state index contributed by atoms with van der Waals surface area (Å²) < 4.78 is 11.9. The van der Waals surface area contributed by atoms with E-state index in [4.69, 9.17) is 9.47 Å². The van der Waals surface area contributed by atoms with Crippen LogP contribution in [0.25, 0.3) is 0 Å². The number of carbonyl (C=O) groups is 3. The predicted octanol–water partition coefficient (Wildman–Crippen LogP) is 3.16. The Morgan fingerprint density at radius 1 is 1.24 bits per heavy atom. The van der Waals surface area contributed by atoms with Crippen molar-refractivity contribution in [3.63, 3.8) is 0 Å². The minimum atomic E-state index is -1.22. The van der Waals surface area contributed by atoms with Crippen LogP contribution >= 0.6 is 15.9 Å². The summed E-state index contributed by atoms with van der Waals surface area (Å²) in [6.07, 6.45) is 0.155. The molecule has 202 valence electrons. The number of likely N-dealkylation sites (tertiary alicyclic amines) is 1. The number of benzene rings is 2. The minimum Gasteiger partial charge on any atom is -0.466 e. The van der Waals surface area contributed by atoms with Gasteiger partial charge in [0.15, 0.2) is 0 Å². The van der Waals surface area contributed by atoms with Crippen molar-refractivity contribution in [3.05, 3.63) is 65.2 Å². The SMILES string of the molecule is CCOC(=O)[C@H]1[C@@H]2OC3(CC2Br)C(C(=O)Nc2cc(C)ccc2C)N([C@@H](CO)Cc2ccccc2)C(=O)[C@H]13. The third kappa shape index (κ3) is 4.34. The number of hydrogen-bond donors (Lipinski definition) is 2. The number of carbonyl (C=O) groups excluding carboxylic acids is 3. The lowest BCUT2D eigenvalue weighted by molar-refractivity contribution is -0.155. The maximum Gasteiger partial charge on any atom is 0.312 e. The zero-order chi connectivity index (χ0) is 27.2. The first-order valence-electron chi connectivity index (χ1n) is 13.1. The molecule has 3 fully saturated rings. The van der Waals surface area contributed by atoms with Gasteiger partial charge in [-0.3, -0.25) is 14.4 Å². The van der Waals surface area contributed by atoms with Gasteiger partial charge < -0.3 is 24.8 Å². The minimum absolute atomic E-state index is 0.177. The third-order valence-corrected chi connectivity index (χ3v) is 8.95. The van der Waals surface area contributed by atoms with Crippen molar-refractivity contribution >= 4 is 39.4 Å². The van der Waals surface area contributed by atoms with E-state index >= 15 is 0 Å². The van der Waals surface area contributed by atoms with E-state index < -0.39 is 47.5 Å². The Morgan fingerprint density at radius 2 is 1.97 bits per heavy atom. The summed E-state index contributed by atoms with van der Waals surface area (Å²) in [6, 6.07) is 13.6. The van der Waals surface area contributed by atoms with Gasteiger partial charge in [-0.15, -0.1) is 0 Å². The fraction of sp³-hybridized carbons (Fsp3) is 0.483. The highest BCUT2D eigenvalue weighted by atomic mass is 79.9. The molecule has 5 rings (SSSR count). The highest BCUT2D eigenvalue weighted by molar-refractivity contribution is 9.09. The summed E-state index contributed by atoms with van der Waals surface area (Å²) in [7, 11) is 0. The molecule has 0 radical (unpaired) electrons. The summed E-state index contributed by atoms with van der Waals surface area (Å²) in [6.45, 7) is 5.40. The van der Waals surface area contributed by atoms with Crippen LogP contribution in [0.2, 0.25) is 0 Å². The Balaban J connectivity index is 1.58. The van der Waals surface area contributed by atoms with Crippen LogP contribution in [0.4, 0.5) is 5.69 Å². The Labute approximate surface area is 230 Å². The van der Waals surface area contributed by atoms with Crippen LogP contribution in [0.3, 0.4) is 0 Å². The second-order valence-electron chi connectivity index (χ2n) is 10.5. The Hall–Kier alpha value is -2.75. The molecule has 0 saturated carbocycles.